The van der Waals surface area contributed by atoms with Crippen molar-refractivity contribution in [1.29, 1.82) is 0 Å². The molecule has 11 heavy (non-hydrogen) atoms. The van der Waals surface area contributed by atoms with E-state index in [4.69, 9.17) is 0 Å². The van der Waals surface area contributed by atoms with Gasteiger partial charge in [-0.25, -0.2) is 0 Å². The first-order valence-electron chi connectivity index (χ1n) is 3.44. The van der Waals surface area contributed by atoms with Crippen molar-refractivity contribution in [2.75, 3.05) is 0 Å². The van der Waals surface area contributed by atoms with Crippen LogP contribution in [0.15, 0.2) is 18.2 Å². The third-order valence-electron chi connectivity index (χ3n) is 1.85. The normalized spacial score (nSPS) is 14.5. The Morgan fingerprint density at radius 3 is 3.00 bits per heavy atom. The summed E-state index contributed by atoms with van der Waals surface area (Å²) in [7, 11) is 2.57. The molecule has 2 rings (SSSR count). The summed E-state index contributed by atoms with van der Waals surface area (Å²) in [6, 6.07) is 5.86. The zero-order chi connectivity index (χ0) is 7.84. The van der Waals surface area contributed by atoms with E-state index in [1.807, 2.05) is 18.2 Å². The van der Waals surface area contributed by atoms with Crippen molar-refractivity contribution in [3.63, 3.8) is 0 Å². The molecule has 1 unspecified atom stereocenters. The molecule has 1 amide bonds. The number of carbonyl (C=O) groups excluding carboxylic acids is 1. The molecule has 1 heterocycles. The summed E-state index contributed by atoms with van der Waals surface area (Å²) in [4.78, 5) is 11.2. The van der Waals surface area contributed by atoms with Crippen molar-refractivity contribution in [3.8, 4) is 0 Å². The van der Waals surface area contributed by atoms with Crippen LogP contribution in [-0.4, -0.2) is 5.91 Å². The van der Waals surface area contributed by atoms with E-state index in [9.17, 15) is 4.79 Å². The second kappa shape index (κ2) is 2.31. The molecule has 0 aliphatic carbocycles. The van der Waals surface area contributed by atoms with Crippen molar-refractivity contribution in [3.05, 3.63) is 29.3 Å². The standard InChI is InChI=1S/C8H8NOP/c10-8-7-5(4-9-8)2-1-3-6(7)11/h1-3H,4,11H2,(H,9,10). The fourth-order valence-corrected chi connectivity index (χ4v) is 1.74. The monoisotopic (exact) mass is 165 g/mol. The van der Waals surface area contributed by atoms with Crippen LogP contribution < -0.4 is 10.6 Å². The third kappa shape index (κ3) is 0.945. The Balaban J connectivity index is 2.68. The Bertz CT molecular complexity index is 322. The van der Waals surface area contributed by atoms with Gasteiger partial charge in [0.05, 0.1) is 5.56 Å². The van der Waals surface area contributed by atoms with E-state index in [2.05, 4.69) is 14.6 Å². The number of hydrogen-bond donors (Lipinski definition) is 1. The summed E-state index contributed by atoms with van der Waals surface area (Å²) < 4.78 is 0. The molecular weight excluding hydrogens is 157 g/mol. The first-order chi connectivity index (χ1) is 5.29. The largest absolute Gasteiger partial charge is 0.348 e. The van der Waals surface area contributed by atoms with Crippen molar-refractivity contribution in [2.24, 2.45) is 0 Å². The lowest BCUT2D eigenvalue weighted by molar-refractivity contribution is 0.0967. The lowest BCUT2D eigenvalue weighted by atomic mass is 10.1. The van der Waals surface area contributed by atoms with Crippen LogP contribution in [0.4, 0.5) is 0 Å². The topological polar surface area (TPSA) is 29.1 Å². The van der Waals surface area contributed by atoms with E-state index in [0.717, 1.165) is 16.4 Å². The average molecular weight is 165 g/mol. The number of rotatable bonds is 0. The van der Waals surface area contributed by atoms with Gasteiger partial charge >= 0.3 is 0 Å². The molecule has 0 bridgehead atoms. The Morgan fingerprint density at radius 2 is 2.27 bits per heavy atom. The molecule has 3 heteroatoms. The summed E-state index contributed by atoms with van der Waals surface area (Å²) >= 11 is 0. The molecule has 1 aliphatic rings. The van der Waals surface area contributed by atoms with Crippen LogP contribution in [0.2, 0.25) is 0 Å². The molecule has 1 aliphatic heterocycles. The van der Waals surface area contributed by atoms with Gasteiger partial charge in [0.15, 0.2) is 0 Å². The average Bonchev–Trinajstić information content (AvgIpc) is 2.34. The number of benzene rings is 1. The smallest absolute Gasteiger partial charge is 0.252 e. The summed E-state index contributed by atoms with van der Waals surface area (Å²) in [6.45, 7) is 0.677. The van der Waals surface area contributed by atoms with Crippen molar-refractivity contribution < 1.29 is 4.79 Å². The number of hydrogen-bond acceptors (Lipinski definition) is 1. The number of nitrogens with one attached hydrogen (secondary N) is 1. The fourth-order valence-electron chi connectivity index (χ4n) is 1.31. The molecule has 0 saturated heterocycles. The number of carbonyl (C=O) groups is 1. The van der Waals surface area contributed by atoms with Crippen LogP contribution in [0.5, 0.6) is 0 Å². The number of fused-ring (bicyclic) bond motifs is 1. The summed E-state index contributed by atoms with van der Waals surface area (Å²) in [5, 5.41) is 3.76. The minimum absolute atomic E-state index is 0.0469. The van der Waals surface area contributed by atoms with E-state index in [-0.39, 0.29) is 5.91 Å². The molecule has 1 aromatic rings. The van der Waals surface area contributed by atoms with E-state index >= 15 is 0 Å². The minimum atomic E-state index is 0.0469. The maximum absolute atomic E-state index is 11.2. The minimum Gasteiger partial charge on any atom is -0.348 e. The number of amides is 1. The van der Waals surface area contributed by atoms with Crippen LogP contribution in [0.3, 0.4) is 0 Å². The Hall–Kier alpha value is -0.880. The molecule has 2 nitrogen and oxygen atoms in total. The lowest BCUT2D eigenvalue weighted by Crippen LogP contribution is -2.16. The second-order valence-corrected chi connectivity index (χ2v) is 3.19. The second-order valence-electron chi connectivity index (χ2n) is 2.56. The highest BCUT2D eigenvalue weighted by molar-refractivity contribution is 7.27. The van der Waals surface area contributed by atoms with Gasteiger partial charge < -0.3 is 5.32 Å². The van der Waals surface area contributed by atoms with Gasteiger partial charge in [-0.3, -0.25) is 4.79 Å². The van der Waals surface area contributed by atoms with E-state index in [1.165, 1.54) is 0 Å². The van der Waals surface area contributed by atoms with Gasteiger partial charge in [-0.2, -0.15) is 0 Å². The van der Waals surface area contributed by atoms with Crippen molar-refractivity contribution >= 4 is 20.5 Å². The van der Waals surface area contributed by atoms with Crippen molar-refractivity contribution in [2.45, 2.75) is 6.54 Å². The van der Waals surface area contributed by atoms with E-state index in [1.54, 1.807) is 0 Å². The van der Waals surface area contributed by atoms with Gasteiger partial charge in [0, 0.05) is 6.54 Å². The van der Waals surface area contributed by atoms with Crippen LogP contribution in [0.25, 0.3) is 0 Å². The summed E-state index contributed by atoms with van der Waals surface area (Å²) in [5.41, 5.74) is 1.93. The highest BCUT2D eigenvalue weighted by Crippen LogP contribution is 2.14. The maximum atomic E-state index is 11.2. The molecule has 0 aromatic heterocycles. The molecule has 0 spiro atoms. The van der Waals surface area contributed by atoms with E-state index < -0.39 is 0 Å². The quantitative estimate of drug-likeness (QED) is 0.555. The predicted octanol–water partition coefficient (Wildman–Crippen LogP) is 0.430. The molecule has 0 radical (unpaired) electrons. The van der Waals surface area contributed by atoms with Gasteiger partial charge in [-0.05, 0) is 10.9 Å². The lowest BCUT2D eigenvalue weighted by Gasteiger charge is -1.97. The zero-order valence-corrected chi connectivity index (χ0v) is 7.08. The van der Waals surface area contributed by atoms with Crippen LogP contribution in [0.1, 0.15) is 15.9 Å². The van der Waals surface area contributed by atoms with Crippen LogP contribution in [-0.2, 0) is 6.54 Å². The Labute approximate surface area is 67.2 Å². The molecule has 0 fully saturated rings. The SMILES string of the molecule is O=C1NCc2cccc(P)c21. The van der Waals surface area contributed by atoms with Gasteiger partial charge in [-0.1, -0.05) is 18.2 Å². The fraction of sp³-hybridized carbons (Fsp3) is 0.125. The van der Waals surface area contributed by atoms with Crippen molar-refractivity contribution in [1.82, 2.24) is 5.32 Å². The first-order valence-corrected chi connectivity index (χ1v) is 4.02. The third-order valence-corrected chi connectivity index (χ3v) is 2.33. The molecule has 56 valence electrons. The predicted molar refractivity (Wildman–Crippen MR) is 47.0 cm³/mol. The van der Waals surface area contributed by atoms with Gasteiger partial charge in [-0.15, -0.1) is 9.24 Å². The molecule has 1 atom stereocenters. The van der Waals surface area contributed by atoms with Gasteiger partial charge in [0.2, 0.25) is 0 Å². The van der Waals surface area contributed by atoms with E-state index in [0.29, 0.717) is 6.54 Å². The summed E-state index contributed by atoms with van der Waals surface area (Å²) in [6.07, 6.45) is 0. The summed E-state index contributed by atoms with van der Waals surface area (Å²) in [5.74, 6) is 0.0469. The Morgan fingerprint density at radius 1 is 1.45 bits per heavy atom. The Kier molecular flexibility index (Phi) is 1.43. The first kappa shape index (κ1) is 6.81. The zero-order valence-electron chi connectivity index (χ0n) is 5.92. The van der Waals surface area contributed by atoms with Gasteiger partial charge in [0.1, 0.15) is 0 Å². The van der Waals surface area contributed by atoms with Gasteiger partial charge in [0.25, 0.3) is 5.91 Å². The molecule has 1 N–H and O–H groups in total. The molecular formula is C8H8NOP. The molecule has 0 saturated carbocycles. The van der Waals surface area contributed by atoms with Crippen LogP contribution >= 0.6 is 9.24 Å². The maximum Gasteiger partial charge on any atom is 0.252 e. The highest BCUT2D eigenvalue weighted by atomic mass is 31.0. The van der Waals surface area contributed by atoms with Crippen LogP contribution in [0, 0.1) is 0 Å². The highest BCUT2D eigenvalue weighted by Gasteiger charge is 2.19. The molecule has 1 aromatic carbocycles.